The molecule has 0 unspecified atom stereocenters. The number of benzene rings is 2. The molecule has 27 heavy (non-hydrogen) atoms. The average Bonchev–Trinajstić information content (AvgIpc) is 3.08. The van der Waals surface area contributed by atoms with Crippen LogP contribution in [0.15, 0.2) is 64.1 Å². The van der Waals surface area contributed by atoms with Gasteiger partial charge < -0.3 is 9.15 Å². The van der Waals surface area contributed by atoms with Gasteiger partial charge in [0.1, 0.15) is 17.3 Å². The lowest BCUT2D eigenvalue weighted by Gasteiger charge is -2.05. The minimum Gasteiger partial charge on any atom is -0.484 e. The van der Waals surface area contributed by atoms with Crippen LogP contribution in [0.1, 0.15) is 11.3 Å². The quantitative estimate of drug-likeness (QED) is 0.461. The lowest BCUT2D eigenvalue weighted by atomic mass is 10.2. The maximum absolute atomic E-state index is 11.8. The van der Waals surface area contributed by atoms with Crippen molar-refractivity contribution in [1.82, 2.24) is 5.43 Å². The SMILES string of the molecule is Cc1cccc(OCC(=O)NN=Cc2ccc(-c3ccc(Cl)cc3Cl)o2)c1. The molecule has 0 aliphatic heterocycles. The van der Waals surface area contributed by atoms with Gasteiger partial charge in [-0.2, -0.15) is 5.10 Å². The highest BCUT2D eigenvalue weighted by Gasteiger charge is 2.08. The smallest absolute Gasteiger partial charge is 0.277 e. The molecule has 0 spiro atoms. The van der Waals surface area contributed by atoms with E-state index in [0.29, 0.717) is 27.3 Å². The number of hydrogen-bond acceptors (Lipinski definition) is 4. The molecule has 3 rings (SSSR count). The molecule has 0 saturated carbocycles. The van der Waals surface area contributed by atoms with E-state index < -0.39 is 0 Å². The van der Waals surface area contributed by atoms with E-state index in [2.05, 4.69) is 10.5 Å². The predicted molar refractivity (Wildman–Crippen MR) is 107 cm³/mol. The van der Waals surface area contributed by atoms with Gasteiger partial charge in [0.2, 0.25) is 0 Å². The first-order chi connectivity index (χ1) is 13.0. The Hall–Kier alpha value is -2.76. The molecule has 0 aliphatic carbocycles. The molecule has 0 aliphatic rings. The van der Waals surface area contributed by atoms with Crippen LogP contribution in [0.5, 0.6) is 5.75 Å². The standard InChI is InChI=1S/C20H16Cl2N2O3/c1-13-3-2-4-15(9-13)26-12-20(25)24-23-11-16-6-8-19(27-16)17-7-5-14(21)10-18(17)22/h2-11H,12H2,1H3,(H,24,25). The van der Waals surface area contributed by atoms with Gasteiger partial charge in [0.15, 0.2) is 6.61 Å². The highest BCUT2D eigenvalue weighted by molar-refractivity contribution is 6.36. The average molecular weight is 403 g/mol. The molecule has 1 N–H and O–H groups in total. The first-order valence-corrected chi connectivity index (χ1v) is 8.83. The Labute approximate surface area is 166 Å². The topological polar surface area (TPSA) is 63.8 Å². The Balaban J connectivity index is 1.54. The van der Waals surface area contributed by atoms with Gasteiger partial charge in [0.25, 0.3) is 5.91 Å². The molecule has 0 atom stereocenters. The van der Waals surface area contributed by atoms with Gasteiger partial charge in [-0.05, 0) is 55.0 Å². The fourth-order valence-electron chi connectivity index (χ4n) is 2.31. The summed E-state index contributed by atoms with van der Waals surface area (Å²) in [5.41, 5.74) is 4.16. The third-order valence-electron chi connectivity index (χ3n) is 3.56. The van der Waals surface area contributed by atoms with Crippen molar-refractivity contribution >= 4 is 35.3 Å². The fourth-order valence-corrected chi connectivity index (χ4v) is 2.81. The summed E-state index contributed by atoms with van der Waals surface area (Å²) in [6.07, 6.45) is 1.40. The third-order valence-corrected chi connectivity index (χ3v) is 4.11. The minimum absolute atomic E-state index is 0.134. The Morgan fingerprint density at radius 1 is 1.19 bits per heavy atom. The second-order valence-electron chi connectivity index (χ2n) is 5.72. The van der Waals surface area contributed by atoms with Crippen LogP contribution in [-0.2, 0) is 4.79 Å². The number of nitrogens with zero attached hydrogens (tertiary/aromatic N) is 1. The van der Waals surface area contributed by atoms with Gasteiger partial charge in [-0.15, -0.1) is 0 Å². The summed E-state index contributed by atoms with van der Waals surface area (Å²) in [5.74, 6) is 1.30. The van der Waals surface area contributed by atoms with E-state index in [1.54, 1.807) is 36.4 Å². The van der Waals surface area contributed by atoms with Crippen molar-refractivity contribution in [3.63, 3.8) is 0 Å². The van der Waals surface area contributed by atoms with Crippen LogP contribution in [0, 0.1) is 6.92 Å². The highest BCUT2D eigenvalue weighted by atomic mass is 35.5. The Morgan fingerprint density at radius 3 is 2.81 bits per heavy atom. The van der Waals surface area contributed by atoms with Crippen LogP contribution in [0.4, 0.5) is 0 Å². The molecule has 3 aromatic rings. The summed E-state index contributed by atoms with van der Waals surface area (Å²) in [6, 6.07) is 16.1. The van der Waals surface area contributed by atoms with Gasteiger partial charge in [-0.1, -0.05) is 35.3 Å². The van der Waals surface area contributed by atoms with Crippen LogP contribution in [0.25, 0.3) is 11.3 Å². The molecule has 0 bridgehead atoms. The number of hydrazone groups is 1. The number of carbonyl (C=O) groups excluding carboxylic acids is 1. The van der Waals surface area contributed by atoms with E-state index >= 15 is 0 Å². The van der Waals surface area contributed by atoms with Crippen molar-refractivity contribution in [2.24, 2.45) is 5.10 Å². The maximum atomic E-state index is 11.8. The number of ether oxygens (including phenoxy) is 1. The predicted octanol–water partition coefficient (Wildman–Crippen LogP) is 5.09. The van der Waals surface area contributed by atoms with Crippen LogP contribution in [0.3, 0.4) is 0 Å². The van der Waals surface area contributed by atoms with E-state index in [0.717, 1.165) is 11.1 Å². The lowest BCUT2D eigenvalue weighted by molar-refractivity contribution is -0.123. The molecule has 1 amide bonds. The van der Waals surface area contributed by atoms with E-state index in [9.17, 15) is 4.79 Å². The molecule has 2 aromatic carbocycles. The van der Waals surface area contributed by atoms with E-state index in [4.69, 9.17) is 32.4 Å². The zero-order valence-electron chi connectivity index (χ0n) is 14.4. The monoisotopic (exact) mass is 402 g/mol. The number of amides is 1. The van der Waals surface area contributed by atoms with Crippen molar-refractivity contribution in [2.75, 3.05) is 6.61 Å². The zero-order chi connectivity index (χ0) is 19.2. The minimum atomic E-state index is -0.375. The molecule has 0 radical (unpaired) electrons. The fraction of sp³-hybridized carbons (Fsp3) is 0.100. The van der Waals surface area contributed by atoms with Gasteiger partial charge in [0, 0.05) is 10.6 Å². The molecular formula is C20H16Cl2N2O3. The number of halogens is 2. The molecule has 138 valence electrons. The third kappa shape index (κ3) is 5.36. The van der Waals surface area contributed by atoms with E-state index in [1.165, 1.54) is 6.21 Å². The summed E-state index contributed by atoms with van der Waals surface area (Å²) in [5, 5.41) is 4.90. The van der Waals surface area contributed by atoms with Crippen LogP contribution >= 0.6 is 23.2 Å². The second kappa shape index (κ2) is 8.75. The number of nitrogens with one attached hydrogen (secondary N) is 1. The first kappa shape index (κ1) is 19.0. The Morgan fingerprint density at radius 2 is 2.04 bits per heavy atom. The Kier molecular flexibility index (Phi) is 6.16. The van der Waals surface area contributed by atoms with E-state index in [-0.39, 0.29) is 12.5 Å². The molecule has 0 fully saturated rings. The number of carbonyl (C=O) groups is 1. The number of aryl methyl sites for hydroxylation is 1. The van der Waals surface area contributed by atoms with E-state index in [1.807, 2.05) is 25.1 Å². The first-order valence-electron chi connectivity index (χ1n) is 8.08. The lowest BCUT2D eigenvalue weighted by Crippen LogP contribution is -2.24. The number of rotatable bonds is 6. The number of furan rings is 1. The Bertz CT molecular complexity index is 983. The van der Waals surface area contributed by atoms with Crippen molar-refractivity contribution < 1.29 is 13.9 Å². The molecular weight excluding hydrogens is 387 g/mol. The zero-order valence-corrected chi connectivity index (χ0v) is 15.9. The summed E-state index contributed by atoms with van der Waals surface area (Å²) in [6.45, 7) is 1.82. The number of hydrogen-bond donors (Lipinski definition) is 1. The van der Waals surface area contributed by atoms with Crippen molar-refractivity contribution in [3.8, 4) is 17.1 Å². The van der Waals surface area contributed by atoms with Crippen molar-refractivity contribution in [2.45, 2.75) is 6.92 Å². The molecule has 1 aromatic heterocycles. The van der Waals surface area contributed by atoms with Crippen LogP contribution < -0.4 is 10.2 Å². The van der Waals surface area contributed by atoms with Crippen LogP contribution in [0.2, 0.25) is 10.0 Å². The van der Waals surface area contributed by atoms with Crippen molar-refractivity contribution in [1.29, 1.82) is 0 Å². The molecule has 5 nitrogen and oxygen atoms in total. The van der Waals surface area contributed by atoms with Gasteiger partial charge in [-0.3, -0.25) is 4.79 Å². The summed E-state index contributed by atoms with van der Waals surface area (Å²) >= 11 is 12.1. The van der Waals surface area contributed by atoms with Crippen LogP contribution in [-0.4, -0.2) is 18.7 Å². The summed E-state index contributed by atoms with van der Waals surface area (Å²) in [4.78, 5) is 11.8. The second-order valence-corrected chi connectivity index (χ2v) is 6.57. The largest absolute Gasteiger partial charge is 0.484 e. The summed E-state index contributed by atoms with van der Waals surface area (Å²) in [7, 11) is 0. The van der Waals surface area contributed by atoms with Crippen molar-refractivity contribution in [3.05, 3.63) is 76.0 Å². The van der Waals surface area contributed by atoms with Gasteiger partial charge in [-0.25, -0.2) is 5.43 Å². The molecule has 7 heteroatoms. The molecule has 1 heterocycles. The summed E-state index contributed by atoms with van der Waals surface area (Å²) < 4.78 is 11.1. The highest BCUT2D eigenvalue weighted by Crippen LogP contribution is 2.31. The normalized spacial score (nSPS) is 10.9. The molecule has 0 saturated heterocycles. The van der Waals surface area contributed by atoms with Gasteiger partial charge in [0.05, 0.1) is 11.2 Å². The van der Waals surface area contributed by atoms with Gasteiger partial charge >= 0.3 is 0 Å². The maximum Gasteiger partial charge on any atom is 0.277 e.